The average molecular weight is 312 g/mol. The Labute approximate surface area is 124 Å². The minimum absolute atomic E-state index is 0.0542. The quantitative estimate of drug-likeness (QED) is 0.812. The molecular weight excluding hydrogens is 292 g/mol. The monoisotopic (exact) mass is 312 g/mol. The van der Waals surface area contributed by atoms with Crippen molar-refractivity contribution in [1.29, 1.82) is 0 Å². The Kier molecular flexibility index (Phi) is 5.06. The van der Waals surface area contributed by atoms with Gasteiger partial charge in [0.05, 0.1) is 24.3 Å². The number of nitrogens with one attached hydrogen (secondary N) is 2. The summed E-state index contributed by atoms with van der Waals surface area (Å²) in [6.07, 6.45) is 0.794. The van der Waals surface area contributed by atoms with E-state index in [9.17, 15) is 13.2 Å². The van der Waals surface area contributed by atoms with E-state index in [4.69, 9.17) is 4.74 Å². The van der Waals surface area contributed by atoms with Crippen molar-refractivity contribution in [2.45, 2.75) is 18.9 Å². The number of methoxy groups -OCH3 is 1. The van der Waals surface area contributed by atoms with Gasteiger partial charge < -0.3 is 15.4 Å². The van der Waals surface area contributed by atoms with E-state index >= 15 is 0 Å². The second-order valence-corrected chi connectivity index (χ2v) is 7.27. The molecule has 0 spiro atoms. The van der Waals surface area contributed by atoms with Gasteiger partial charge in [-0.25, -0.2) is 8.42 Å². The minimum Gasteiger partial charge on any atom is -0.495 e. The van der Waals surface area contributed by atoms with Crippen LogP contribution in [0, 0.1) is 0 Å². The van der Waals surface area contributed by atoms with Crippen molar-refractivity contribution in [1.82, 2.24) is 5.32 Å². The third-order valence-corrected chi connectivity index (χ3v) is 5.14. The third-order valence-electron chi connectivity index (χ3n) is 3.37. The van der Waals surface area contributed by atoms with Gasteiger partial charge in [-0.1, -0.05) is 12.1 Å². The lowest BCUT2D eigenvalue weighted by Gasteiger charge is -2.13. The van der Waals surface area contributed by atoms with Crippen LogP contribution in [0.15, 0.2) is 24.3 Å². The average Bonchev–Trinajstić information content (AvgIpc) is 2.78. The maximum absolute atomic E-state index is 11.8. The fourth-order valence-corrected chi connectivity index (χ4v) is 3.98. The minimum atomic E-state index is -2.96. The first kappa shape index (κ1) is 15.6. The molecule has 0 bridgehead atoms. The van der Waals surface area contributed by atoms with E-state index in [0.717, 1.165) is 11.4 Å². The van der Waals surface area contributed by atoms with E-state index < -0.39 is 9.84 Å². The molecule has 21 heavy (non-hydrogen) atoms. The van der Waals surface area contributed by atoms with Crippen molar-refractivity contribution in [3.8, 4) is 5.75 Å². The van der Waals surface area contributed by atoms with E-state index in [1.807, 2.05) is 24.3 Å². The fraction of sp³-hybridized carbons (Fsp3) is 0.500. The number of carbonyl (C=O) groups excluding carboxylic acids is 1. The van der Waals surface area contributed by atoms with Gasteiger partial charge in [0, 0.05) is 19.0 Å². The number of sulfone groups is 1. The van der Waals surface area contributed by atoms with Crippen LogP contribution < -0.4 is 15.4 Å². The highest BCUT2D eigenvalue weighted by Gasteiger charge is 2.28. The van der Waals surface area contributed by atoms with Crippen molar-refractivity contribution in [2.24, 2.45) is 0 Å². The van der Waals surface area contributed by atoms with Crippen LogP contribution in [0.1, 0.15) is 12.8 Å². The van der Waals surface area contributed by atoms with Crippen LogP contribution in [-0.2, 0) is 14.6 Å². The van der Waals surface area contributed by atoms with E-state index in [-0.39, 0.29) is 29.9 Å². The first-order valence-electron chi connectivity index (χ1n) is 6.87. The summed E-state index contributed by atoms with van der Waals surface area (Å²) in [7, 11) is -1.37. The molecule has 116 valence electrons. The van der Waals surface area contributed by atoms with Crippen LogP contribution in [-0.4, -0.2) is 45.5 Å². The molecule has 2 N–H and O–H groups in total. The highest BCUT2D eigenvalue weighted by Crippen LogP contribution is 2.22. The molecule has 1 amide bonds. The van der Waals surface area contributed by atoms with Crippen LogP contribution >= 0.6 is 0 Å². The Hall–Kier alpha value is -1.76. The van der Waals surface area contributed by atoms with Crippen LogP contribution in [0.4, 0.5) is 5.69 Å². The van der Waals surface area contributed by atoms with Crippen molar-refractivity contribution in [3.63, 3.8) is 0 Å². The van der Waals surface area contributed by atoms with Gasteiger partial charge in [-0.3, -0.25) is 4.79 Å². The normalized spacial score (nSPS) is 20.0. The number of rotatable bonds is 6. The van der Waals surface area contributed by atoms with Gasteiger partial charge in [-0.05, 0) is 18.6 Å². The van der Waals surface area contributed by atoms with Gasteiger partial charge in [0.2, 0.25) is 5.91 Å². The molecule has 1 aromatic carbocycles. The SMILES string of the molecule is COc1ccccc1NCCC(=O)NC1CCS(=O)(=O)C1. The molecule has 1 saturated heterocycles. The highest BCUT2D eigenvalue weighted by atomic mass is 32.2. The molecule has 1 fully saturated rings. The zero-order chi connectivity index (χ0) is 15.3. The summed E-state index contributed by atoms with van der Waals surface area (Å²) in [4.78, 5) is 11.8. The number of anilines is 1. The fourth-order valence-electron chi connectivity index (χ4n) is 2.31. The van der Waals surface area contributed by atoms with E-state index in [1.54, 1.807) is 7.11 Å². The summed E-state index contributed by atoms with van der Waals surface area (Å²) in [6.45, 7) is 0.464. The smallest absolute Gasteiger partial charge is 0.222 e. The Morgan fingerprint density at radius 3 is 2.81 bits per heavy atom. The van der Waals surface area contributed by atoms with Crippen molar-refractivity contribution in [3.05, 3.63) is 24.3 Å². The Bertz CT molecular complexity index is 601. The van der Waals surface area contributed by atoms with Crippen LogP contribution in [0.25, 0.3) is 0 Å². The number of hydrogen-bond donors (Lipinski definition) is 2. The van der Waals surface area contributed by atoms with Gasteiger partial charge in [0.1, 0.15) is 5.75 Å². The maximum atomic E-state index is 11.8. The molecule has 7 heteroatoms. The highest BCUT2D eigenvalue weighted by molar-refractivity contribution is 7.91. The number of carbonyl (C=O) groups is 1. The van der Waals surface area contributed by atoms with E-state index in [0.29, 0.717) is 13.0 Å². The molecule has 1 aliphatic heterocycles. The van der Waals surface area contributed by atoms with Crippen LogP contribution in [0.3, 0.4) is 0 Å². The largest absolute Gasteiger partial charge is 0.495 e. The zero-order valence-corrected chi connectivity index (χ0v) is 12.8. The summed E-state index contributed by atoms with van der Waals surface area (Å²) in [5.41, 5.74) is 0.830. The Balaban J connectivity index is 1.75. The molecule has 0 radical (unpaired) electrons. The number of para-hydroxylation sites is 2. The number of amides is 1. The number of benzene rings is 1. The predicted octanol–water partition coefficient (Wildman–Crippen LogP) is 0.800. The molecule has 1 unspecified atom stereocenters. The summed E-state index contributed by atoms with van der Waals surface area (Å²) in [6, 6.07) is 7.23. The van der Waals surface area contributed by atoms with Crippen LogP contribution in [0.2, 0.25) is 0 Å². The van der Waals surface area contributed by atoms with Crippen molar-refractivity contribution in [2.75, 3.05) is 30.5 Å². The van der Waals surface area contributed by atoms with E-state index in [2.05, 4.69) is 10.6 Å². The van der Waals surface area contributed by atoms with Gasteiger partial charge in [0.25, 0.3) is 0 Å². The first-order chi connectivity index (χ1) is 10.00. The third kappa shape index (κ3) is 4.63. The molecular formula is C14H20N2O4S. The van der Waals surface area contributed by atoms with E-state index in [1.165, 1.54) is 0 Å². The second-order valence-electron chi connectivity index (χ2n) is 5.04. The molecule has 1 aliphatic rings. The van der Waals surface area contributed by atoms with Gasteiger partial charge in [-0.2, -0.15) is 0 Å². The number of hydrogen-bond acceptors (Lipinski definition) is 5. The lowest BCUT2D eigenvalue weighted by atomic mass is 10.2. The molecule has 1 aromatic rings. The Morgan fingerprint density at radius 2 is 2.14 bits per heavy atom. The Morgan fingerprint density at radius 1 is 1.38 bits per heavy atom. The van der Waals surface area contributed by atoms with Gasteiger partial charge in [0.15, 0.2) is 9.84 Å². The first-order valence-corrected chi connectivity index (χ1v) is 8.69. The molecule has 0 aliphatic carbocycles. The predicted molar refractivity (Wildman–Crippen MR) is 81.3 cm³/mol. The number of ether oxygens (including phenoxy) is 1. The van der Waals surface area contributed by atoms with Gasteiger partial charge in [-0.15, -0.1) is 0 Å². The zero-order valence-electron chi connectivity index (χ0n) is 12.0. The molecule has 2 rings (SSSR count). The summed E-state index contributed by atoms with van der Waals surface area (Å²) < 4.78 is 27.8. The molecule has 0 aromatic heterocycles. The molecule has 1 heterocycles. The molecule has 6 nitrogen and oxygen atoms in total. The molecule has 0 saturated carbocycles. The lowest BCUT2D eigenvalue weighted by molar-refractivity contribution is -0.121. The maximum Gasteiger partial charge on any atom is 0.222 e. The second kappa shape index (κ2) is 6.80. The van der Waals surface area contributed by atoms with Gasteiger partial charge >= 0.3 is 0 Å². The topological polar surface area (TPSA) is 84.5 Å². The van der Waals surface area contributed by atoms with Crippen LogP contribution in [0.5, 0.6) is 5.75 Å². The summed E-state index contributed by atoms with van der Waals surface area (Å²) in [5, 5.41) is 5.89. The standard InChI is InChI=1S/C14H20N2O4S/c1-20-13-5-3-2-4-12(13)15-8-6-14(17)16-11-7-9-21(18,19)10-11/h2-5,11,15H,6-10H2,1H3,(H,16,17). The summed E-state index contributed by atoms with van der Waals surface area (Å²) >= 11 is 0. The lowest BCUT2D eigenvalue weighted by Crippen LogP contribution is -2.36. The molecule has 1 atom stereocenters. The van der Waals surface area contributed by atoms with Crippen molar-refractivity contribution >= 4 is 21.4 Å². The van der Waals surface area contributed by atoms with Crippen molar-refractivity contribution < 1.29 is 17.9 Å². The summed E-state index contributed by atoms with van der Waals surface area (Å²) in [5.74, 6) is 0.801.